The average Bonchev–Trinajstić information content (AvgIpc) is 3.42. The van der Waals surface area contributed by atoms with Crippen LogP contribution in [0.2, 0.25) is 0 Å². The summed E-state index contributed by atoms with van der Waals surface area (Å²) in [6.45, 7) is 6.07. The van der Waals surface area contributed by atoms with Gasteiger partial charge in [-0.25, -0.2) is 4.98 Å². The molecule has 5 heterocycles. The summed E-state index contributed by atoms with van der Waals surface area (Å²) in [5, 5.41) is 14.7. The summed E-state index contributed by atoms with van der Waals surface area (Å²) in [6, 6.07) is 4.11. The van der Waals surface area contributed by atoms with E-state index < -0.39 is 0 Å². The van der Waals surface area contributed by atoms with Crippen molar-refractivity contribution in [1.82, 2.24) is 29.2 Å². The molecule has 2 saturated heterocycles. The molecular formula is C17H22N8S. The first-order valence-electron chi connectivity index (χ1n) is 9.30. The molecule has 0 atom stereocenters. The Balaban J connectivity index is 1.36. The van der Waals surface area contributed by atoms with Gasteiger partial charge in [-0.15, -0.1) is 15.3 Å². The fraction of sp³-hybridized carbons (Fsp3) is 0.588. The number of aromatic nitrogens is 6. The van der Waals surface area contributed by atoms with E-state index in [0.717, 1.165) is 67.3 Å². The van der Waals surface area contributed by atoms with Crippen LogP contribution >= 0.6 is 11.5 Å². The van der Waals surface area contributed by atoms with Crippen LogP contribution in [0.25, 0.3) is 5.65 Å². The number of fused-ring (bicyclic) bond motifs is 1. The zero-order chi connectivity index (χ0) is 17.5. The predicted octanol–water partition coefficient (Wildman–Crippen LogP) is 2.27. The van der Waals surface area contributed by atoms with Crippen molar-refractivity contribution in [2.45, 2.75) is 38.5 Å². The van der Waals surface area contributed by atoms with Gasteiger partial charge in [-0.2, -0.15) is 8.89 Å². The largest absolute Gasteiger partial charge is 0.355 e. The Morgan fingerprint density at radius 2 is 1.81 bits per heavy atom. The number of nitrogens with zero attached hydrogens (tertiary/aromatic N) is 8. The molecule has 0 radical (unpaired) electrons. The van der Waals surface area contributed by atoms with Crippen LogP contribution in [-0.4, -0.2) is 55.3 Å². The van der Waals surface area contributed by atoms with Crippen LogP contribution in [0.3, 0.4) is 0 Å². The molecule has 9 heteroatoms. The molecule has 0 amide bonds. The Bertz CT molecular complexity index is 905. The third kappa shape index (κ3) is 2.80. The van der Waals surface area contributed by atoms with Gasteiger partial charge in [0, 0.05) is 43.6 Å². The van der Waals surface area contributed by atoms with Crippen LogP contribution < -0.4 is 9.80 Å². The van der Waals surface area contributed by atoms with Crippen molar-refractivity contribution in [3.63, 3.8) is 0 Å². The first kappa shape index (κ1) is 15.9. The van der Waals surface area contributed by atoms with Gasteiger partial charge in [-0.3, -0.25) is 0 Å². The van der Waals surface area contributed by atoms with Crippen molar-refractivity contribution in [1.29, 1.82) is 0 Å². The van der Waals surface area contributed by atoms with E-state index >= 15 is 0 Å². The van der Waals surface area contributed by atoms with Crippen molar-refractivity contribution in [3.8, 4) is 0 Å². The average molecular weight is 370 g/mol. The number of aryl methyl sites for hydroxylation is 1. The normalized spacial score (nSPS) is 19.0. The van der Waals surface area contributed by atoms with Gasteiger partial charge < -0.3 is 9.80 Å². The second-order valence-corrected chi connectivity index (χ2v) is 7.83. The van der Waals surface area contributed by atoms with Crippen LogP contribution in [0.5, 0.6) is 0 Å². The third-order valence-corrected chi connectivity index (χ3v) is 6.22. The van der Waals surface area contributed by atoms with Crippen LogP contribution in [0.15, 0.2) is 12.1 Å². The molecule has 0 spiro atoms. The number of hydrogen-bond donors (Lipinski definition) is 0. The van der Waals surface area contributed by atoms with Gasteiger partial charge in [0.1, 0.15) is 11.6 Å². The summed E-state index contributed by atoms with van der Waals surface area (Å²) in [7, 11) is 0. The second kappa shape index (κ2) is 6.46. The number of rotatable bonds is 3. The molecule has 26 heavy (non-hydrogen) atoms. The van der Waals surface area contributed by atoms with Gasteiger partial charge >= 0.3 is 0 Å². The van der Waals surface area contributed by atoms with E-state index in [0.29, 0.717) is 5.92 Å². The molecule has 2 aliphatic rings. The minimum absolute atomic E-state index is 0.386. The molecule has 2 aliphatic heterocycles. The van der Waals surface area contributed by atoms with Crippen LogP contribution in [0.4, 0.5) is 10.9 Å². The Morgan fingerprint density at radius 1 is 1.00 bits per heavy atom. The van der Waals surface area contributed by atoms with Crippen LogP contribution in [0, 0.1) is 6.92 Å². The molecule has 3 aromatic rings. The first-order valence-corrected chi connectivity index (χ1v) is 10.1. The van der Waals surface area contributed by atoms with E-state index in [9.17, 15) is 0 Å². The Morgan fingerprint density at radius 3 is 2.54 bits per heavy atom. The highest BCUT2D eigenvalue weighted by molar-refractivity contribution is 7.09. The lowest BCUT2D eigenvalue weighted by atomic mass is 9.96. The van der Waals surface area contributed by atoms with E-state index in [1.807, 2.05) is 17.5 Å². The van der Waals surface area contributed by atoms with Gasteiger partial charge in [0.15, 0.2) is 11.5 Å². The standard InChI is InChI=1S/C17H22N8S/c1-12-18-17(26-22-12)24-10-6-13(7-11-24)16-20-19-14-4-5-15(21-25(14)16)23-8-2-3-9-23/h4-5,13H,2-3,6-11H2,1H3. The molecular weight excluding hydrogens is 348 g/mol. The molecule has 0 unspecified atom stereocenters. The fourth-order valence-corrected chi connectivity index (χ4v) is 4.63. The van der Waals surface area contributed by atoms with E-state index in [1.54, 1.807) is 0 Å². The Hall–Kier alpha value is -2.29. The van der Waals surface area contributed by atoms with Crippen molar-refractivity contribution in [3.05, 3.63) is 23.8 Å². The van der Waals surface area contributed by atoms with E-state index in [1.165, 1.54) is 24.4 Å². The van der Waals surface area contributed by atoms with Crippen molar-refractivity contribution >= 4 is 28.1 Å². The van der Waals surface area contributed by atoms with E-state index in [4.69, 9.17) is 5.10 Å². The number of hydrogen-bond acceptors (Lipinski definition) is 8. The number of anilines is 2. The van der Waals surface area contributed by atoms with Gasteiger partial charge in [0.2, 0.25) is 5.13 Å². The smallest absolute Gasteiger partial charge is 0.205 e. The van der Waals surface area contributed by atoms with Crippen molar-refractivity contribution in [2.75, 3.05) is 36.0 Å². The summed E-state index contributed by atoms with van der Waals surface area (Å²) < 4.78 is 6.26. The lowest BCUT2D eigenvalue weighted by Crippen LogP contribution is -2.33. The summed E-state index contributed by atoms with van der Waals surface area (Å²) in [5.74, 6) is 3.28. The van der Waals surface area contributed by atoms with E-state index in [-0.39, 0.29) is 0 Å². The number of piperidine rings is 1. The van der Waals surface area contributed by atoms with Crippen molar-refractivity contribution in [2.24, 2.45) is 0 Å². The lowest BCUT2D eigenvalue weighted by Gasteiger charge is -2.30. The third-order valence-electron chi connectivity index (χ3n) is 5.35. The molecule has 0 saturated carbocycles. The highest BCUT2D eigenvalue weighted by atomic mass is 32.1. The predicted molar refractivity (Wildman–Crippen MR) is 101 cm³/mol. The SMILES string of the molecule is Cc1nsc(N2CCC(c3nnc4ccc(N5CCCC5)nn34)CC2)n1. The lowest BCUT2D eigenvalue weighted by molar-refractivity contribution is 0.477. The maximum Gasteiger partial charge on any atom is 0.205 e. The van der Waals surface area contributed by atoms with Gasteiger partial charge in [0.05, 0.1) is 0 Å². The Labute approximate surface area is 156 Å². The Kier molecular flexibility index (Phi) is 3.96. The zero-order valence-corrected chi connectivity index (χ0v) is 15.7. The van der Waals surface area contributed by atoms with Gasteiger partial charge in [-0.1, -0.05) is 0 Å². The zero-order valence-electron chi connectivity index (χ0n) is 14.9. The molecule has 8 nitrogen and oxygen atoms in total. The topological polar surface area (TPSA) is 75.3 Å². The summed E-state index contributed by atoms with van der Waals surface area (Å²) in [4.78, 5) is 9.19. The first-order chi connectivity index (χ1) is 12.8. The minimum atomic E-state index is 0.386. The summed E-state index contributed by atoms with van der Waals surface area (Å²) in [6.07, 6.45) is 4.57. The molecule has 3 aromatic heterocycles. The monoisotopic (exact) mass is 370 g/mol. The van der Waals surface area contributed by atoms with E-state index in [2.05, 4.69) is 35.4 Å². The van der Waals surface area contributed by atoms with Crippen molar-refractivity contribution < 1.29 is 0 Å². The highest BCUT2D eigenvalue weighted by Crippen LogP contribution is 2.30. The van der Waals surface area contributed by atoms with Gasteiger partial charge in [-0.05, 0) is 44.7 Å². The second-order valence-electron chi connectivity index (χ2n) is 7.10. The van der Waals surface area contributed by atoms with Crippen LogP contribution in [-0.2, 0) is 0 Å². The molecule has 5 rings (SSSR count). The highest BCUT2D eigenvalue weighted by Gasteiger charge is 2.27. The van der Waals surface area contributed by atoms with Crippen LogP contribution in [0.1, 0.15) is 43.3 Å². The quantitative estimate of drug-likeness (QED) is 0.700. The molecule has 0 N–H and O–H groups in total. The fourth-order valence-electron chi connectivity index (χ4n) is 3.91. The maximum absolute atomic E-state index is 4.86. The molecule has 2 fully saturated rings. The molecule has 0 aliphatic carbocycles. The molecule has 0 aromatic carbocycles. The molecule has 136 valence electrons. The maximum atomic E-state index is 4.86. The van der Waals surface area contributed by atoms with Gasteiger partial charge in [0.25, 0.3) is 0 Å². The minimum Gasteiger partial charge on any atom is -0.355 e. The summed E-state index contributed by atoms with van der Waals surface area (Å²) >= 11 is 1.49. The molecule has 0 bridgehead atoms. The summed E-state index contributed by atoms with van der Waals surface area (Å²) in [5.41, 5.74) is 0.838.